The van der Waals surface area contributed by atoms with Crippen LogP contribution in [0, 0.1) is 13.8 Å². The lowest BCUT2D eigenvalue weighted by Gasteiger charge is -2.09. The molecule has 1 N–H and O–H groups in total. The normalized spacial score (nSPS) is 10.8. The fourth-order valence-electron chi connectivity index (χ4n) is 2.45. The molecule has 0 saturated heterocycles. The minimum Gasteiger partial charge on any atom is -0.493 e. The third kappa shape index (κ3) is 2.72. The molecule has 108 valence electrons. The Labute approximate surface area is 124 Å². The van der Waals surface area contributed by atoms with Gasteiger partial charge in [-0.25, -0.2) is 0 Å². The highest BCUT2D eigenvalue weighted by Crippen LogP contribution is 2.29. The first-order valence-corrected chi connectivity index (χ1v) is 7.04. The molecule has 0 saturated carbocycles. The predicted molar refractivity (Wildman–Crippen MR) is 86.0 cm³/mol. The Hall–Kier alpha value is -2.42. The smallest absolute Gasteiger partial charge is 0.176 e. The Morgan fingerprint density at radius 3 is 2.76 bits per heavy atom. The molecule has 0 amide bonds. The number of benzene rings is 2. The van der Waals surface area contributed by atoms with Crippen LogP contribution < -0.4 is 10.1 Å². The zero-order chi connectivity index (χ0) is 14.8. The second-order valence-electron chi connectivity index (χ2n) is 5.26. The van der Waals surface area contributed by atoms with E-state index in [-0.39, 0.29) is 0 Å². The highest BCUT2D eigenvalue weighted by atomic mass is 16.5. The molecular formula is C18H19NO2. The lowest BCUT2D eigenvalue weighted by molar-refractivity contribution is 0.408. The maximum atomic E-state index is 5.89. The Bertz CT molecular complexity index is 774. The third-order valence-electron chi connectivity index (χ3n) is 3.63. The molecule has 0 unspecified atom stereocenters. The first kappa shape index (κ1) is 13.6. The average Bonchev–Trinajstić information content (AvgIpc) is 2.91. The van der Waals surface area contributed by atoms with Crippen molar-refractivity contribution in [3.05, 3.63) is 59.4 Å². The number of nitrogens with one attached hydrogen (secondary N) is 1. The van der Waals surface area contributed by atoms with E-state index < -0.39 is 0 Å². The molecule has 21 heavy (non-hydrogen) atoms. The summed E-state index contributed by atoms with van der Waals surface area (Å²) < 4.78 is 11.2. The third-order valence-corrected chi connectivity index (χ3v) is 3.63. The fourth-order valence-corrected chi connectivity index (χ4v) is 2.45. The number of fused-ring (bicyclic) bond motifs is 1. The molecule has 3 heteroatoms. The molecule has 3 aromatic rings. The molecule has 0 aliphatic rings. The zero-order valence-electron chi connectivity index (χ0n) is 12.6. The van der Waals surface area contributed by atoms with Gasteiger partial charge in [0.15, 0.2) is 11.3 Å². The van der Waals surface area contributed by atoms with Crippen molar-refractivity contribution in [2.75, 3.05) is 12.4 Å². The van der Waals surface area contributed by atoms with Crippen LogP contribution in [0.1, 0.15) is 16.9 Å². The van der Waals surface area contributed by atoms with Gasteiger partial charge in [-0.2, -0.15) is 0 Å². The van der Waals surface area contributed by atoms with Gasteiger partial charge in [-0.15, -0.1) is 0 Å². The molecule has 3 nitrogen and oxygen atoms in total. The molecule has 0 aliphatic heterocycles. The van der Waals surface area contributed by atoms with Gasteiger partial charge in [-0.05, 0) is 43.2 Å². The molecule has 0 atom stereocenters. The van der Waals surface area contributed by atoms with Gasteiger partial charge in [0.25, 0.3) is 0 Å². The number of ether oxygens (including phenoxy) is 1. The molecule has 0 spiro atoms. The van der Waals surface area contributed by atoms with Gasteiger partial charge < -0.3 is 14.5 Å². The summed E-state index contributed by atoms with van der Waals surface area (Å²) in [6, 6.07) is 14.4. The van der Waals surface area contributed by atoms with Crippen LogP contribution in [-0.4, -0.2) is 7.11 Å². The van der Waals surface area contributed by atoms with E-state index in [4.69, 9.17) is 9.15 Å². The van der Waals surface area contributed by atoms with Crippen LogP contribution in [0.2, 0.25) is 0 Å². The number of furan rings is 1. The monoisotopic (exact) mass is 281 g/mol. The Kier molecular flexibility index (Phi) is 3.57. The van der Waals surface area contributed by atoms with Gasteiger partial charge in [0.1, 0.15) is 5.76 Å². The van der Waals surface area contributed by atoms with Crippen LogP contribution in [0.3, 0.4) is 0 Å². The van der Waals surface area contributed by atoms with Crippen molar-refractivity contribution < 1.29 is 9.15 Å². The van der Waals surface area contributed by atoms with Crippen LogP contribution in [0.25, 0.3) is 11.0 Å². The van der Waals surface area contributed by atoms with Crippen molar-refractivity contribution in [2.45, 2.75) is 20.4 Å². The number of para-hydroxylation sites is 1. The summed E-state index contributed by atoms with van der Waals surface area (Å²) in [5.74, 6) is 1.67. The van der Waals surface area contributed by atoms with Gasteiger partial charge in [0.2, 0.25) is 0 Å². The van der Waals surface area contributed by atoms with Gasteiger partial charge in [0.05, 0.1) is 13.7 Å². The molecule has 0 radical (unpaired) electrons. The topological polar surface area (TPSA) is 34.4 Å². The van der Waals surface area contributed by atoms with Crippen LogP contribution in [0.4, 0.5) is 5.69 Å². The first-order chi connectivity index (χ1) is 10.2. The van der Waals surface area contributed by atoms with Crippen molar-refractivity contribution >= 4 is 16.7 Å². The van der Waals surface area contributed by atoms with E-state index >= 15 is 0 Å². The first-order valence-electron chi connectivity index (χ1n) is 7.04. The fraction of sp³-hybridized carbons (Fsp3) is 0.222. The number of hydrogen-bond acceptors (Lipinski definition) is 3. The summed E-state index contributed by atoms with van der Waals surface area (Å²) in [4.78, 5) is 0. The minimum atomic E-state index is 0.655. The summed E-state index contributed by atoms with van der Waals surface area (Å²) >= 11 is 0. The highest BCUT2D eigenvalue weighted by Gasteiger charge is 2.08. The Morgan fingerprint density at radius 1 is 1.10 bits per heavy atom. The number of aryl methyl sites for hydroxylation is 2. The van der Waals surface area contributed by atoms with Crippen molar-refractivity contribution in [1.82, 2.24) is 0 Å². The van der Waals surface area contributed by atoms with Gasteiger partial charge >= 0.3 is 0 Å². The number of hydrogen-bond donors (Lipinski definition) is 1. The number of rotatable bonds is 4. The molecule has 3 rings (SSSR count). The number of anilines is 1. The van der Waals surface area contributed by atoms with E-state index in [1.54, 1.807) is 7.11 Å². The van der Waals surface area contributed by atoms with Crippen molar-refractivity contribution in [3.63, 3.8) is 0 Å². The van der Waals surface area contributed by atoms with Crippen LogP contribution >= 0.6 is 0 Å². The van der Waals surface area contributed by atoms with E-state index in [0.717, 1.165) is 28.2 Å². The number of methoxy groups -OCH3 is 1. The maximum Gasteiger partial charge on any atom is 0.176 e. The van der Waals surface area contributed by atoms with E-state index in [1.807, 2.05) is 18.2 Å². The summed E-state index contributed by atoms with van der Waals surface area (Å²) in [5, 5.41) is 4.50. The van der Waals surface area contributed by atoms with Gasteiger partial charge in [-0.3, -0.25) is 0 Å². The summed E-state index contributed by atoms with van der Waals surface area (Å²) in [7, 11) is 1.66. The van der Waals surface area contributed by atoms with E-state index in [1.165, 1.54) is 11.1 Å². The largest absolute Gasteiger partial charge is 0.493 e. The summed E-state index contributed by atoms with van der Waals surface area (Å²) in [5.41, 5.74) is 4.42. The zero-order valence-corrected chi connectivity index (χ0v) is 12.6. The standard InChI is InChI=1S/C18H19NO2/c1-12-7-8-13(2)16(9-12)19-11-15-10-14-5-4-6-17(20-3)18(14)21-15/h4-10,19H,11H2,1-3H3. The predicted octanol–water partition coefficient (Wildman–Crippen LogP) is 4.67. The average molecular weight is 281 g/mol. The van der Waals surface area contributed by atoms with Gasteiger partial charge in [0, 0.05) is 11.1 Å². The lowest BCUT2D eigenvalue weighted by Crippen LogP contribution is -2.00. The molecular weight excluding hydrogens is 262 g/mol. The molecule has 0 aliphatic carbocycles. The van der Waals surface area contributed by atoms with Crippen molar-refractivity contribution in [3.8, 4) is 5.75 Å². The van der Waals surface area contributed by atoms with Crippen LogP contribution in [0.5, 0.6) is 5.75 Å². The van der Waals surface area contributed by atoms with E-state index in [2.05, 4.69) is 43.4 Å². The molecule has 1 aromatic heterocycles. The lowest BCUT2D eigenvalue weighted by atomic mass is 10.1. The molecule has 2 aromatic carbocycles. The summed E-state index contributed by atoms with van der Waals surface area (Å²) in [6.45, 7) is 4.85. The SMILES string of the molecule is COc1cccc2cc(CNc3cc(C)ccc3C)oc12. The molecule has 1 heterocycles. The van der Waals surface area contributed by atoms with Crippen LogP contribution in [-0.2, 0) is 6.54 Å². The maximum absolute atomic E-state index is 5.89. The van der Waals surface area contributed by atoms with Gasteiger partial charge in [-0.1, -0.05) is 24.3 Å². The Morgan fingerprint density at radius 2 is 1.95 bits per heavy atom. The highest BCUT2D eigenvalue weighted by molar-refractivity contribution is 5.83. The van der Waals surface area contributed by atoms with Crippen molar-refractivity contribution in [1.29, 1.82) is 0 Å². The quantitative estimate of drug-likeness (QED) is 0.754. The van der Waals surface area contributed by atoms with E-state index in [0.29, 0.717) is 6.54 Å². The summed E-state index contributed by atoms with van der Waals surface area (Å²) in [6.07, 6.45) is 0. The van der Waals surface area contributed by atoms with Crippen molar-refractivity contribution in [2.24, 2.45) is 0 Å². The Balaban J connectivity index is 1.84. The second-order valence-corrected chi connectivity index (χ2v) is 5.26. The molecule has 0 fully saturated rings. The second kappa shape index (κ2) is 5.52. The van der Waals surface area contributed by atoms with Crippen LogP contribution in [0.15, 0.2) is 46.9 Å². The minimum absolute atomic E-state index is 0.655. The van der Waals surface area contributed by atoms with E-state index in [9.17, 15) is 0 Å². The molecule has 0 bridgehead atoms.